The Morgan fingerprint density at radius 1 is 0.951 bits per heavy atom. The van der Waals surface area contributed by atoms with Crippen molar-refractivity contribution < 1.29 is 9.53 Å². The fourth-order valence-corrected chi connectivity index (χ4v) is 5.81. The molecular formula is C32H34N6O2S. The van der Waals surface area contributed by atoms with E-state index >= 15 is 0 Å². The minimum Gasteiger partial charge on any atom is -0.438 e. The van der Waals surface area contributed by atoms with Crippen molar-refractivity contribution in [1.82, 2.24) is 29.5 Å². The van der Waals surface area contributed by atoms with Crippen molar-refractivity contribution in [3.63, 3.8) is 0 Å². The van der Waals surface area contributed by atoms with Gasteiger partial charge in [0.1, 0.15) is 11.1 Å². The molecular weight excluding hydrogens is 532 g/mol. The molecule has 0 bridgehead atoms. The number of nitrogens with zero attached hydrogens (tertiary/aromatic N) is 6. The molecule has 210 valence electrons. The Kier molecular flexibility index (Phi) is 7.66. The number of hydrogen-bond donors (Lipinski definition) is 0. The van der Waals surface area contributed by atoms with Crippen LogP contribution in [0.1, 0.15) is 32.6 Å². The maximum absolute atomic E-state index is 13.4. The Morgan fingerprint density at radius 2 is 1.78 bits per heavy atom. The number of ether oxygens (including phenoxy) is 1. The third-order valence-corrected chi connectivity index (χ3v) is 8.56. The summed E-state index contributed by atoms with van der Waals surface area (Å²) in [6.45, 7) is 9.39. The van der Waals surface area contributed by atoms with Gasteiger partial charge in [0.05, 0.1) is 6.20 Å². The summed E-state index contributed by atoms with van der Waals surface area (Å²) in [5, 5.41) is 9.10. The maximum atomic E-state index is 13.4. The van der Waals surface area contributed by atoms with Crippen molar-refractivity contribution in [3.8, 4) is 23.0 Å². The van der Waals surface area contributed by atoms with Gasteiger partial charge in [-0.3, -0.25) is 14.4 Å². The van der Waals surface area contributed by atoms with Crippen molar-refractivity contribution in [2.75, 3.05) is 33.2 Å². The van der Waals surface area contributed by atoms with Crippen LogP contribution in [0.5, 0.6) is 11.6 Å². The molecule has 6 rings (SSSR count). The summed E-state index contributed by atoms with van der Waals surface area (Å²) in [5.74, 6) is 1.75. The highest BCUT2D eigenvalue weighted by Gasteiger charge is 2.18. The lowest BCUT2D eigenvalue weighted by molar-refractivity contribution is 0.0992. The fourth-order valence-electron chi connectivity index (χ4n) is 5.18. The second-order valence-corrected chi connectivity index (χ2v) is 11.7. The smallest absolute Gasteiger partial charge is 0.234 e. The van der Waals surface area contributed by atoms with Crippen LogP contribution in [0.4, 0.5) is 0 Å². The van der Waals surface area contributed by atoms with Crippen LogP contribution in [0.3, 0.4) is 0 Å². The molecule has 2 aromatic carbocycles. The maximum Gasteiger partial charge on any atom is 0.234 e. The first kappa shape index (κ1) is 27.3. The summed E-state index contributed by atoms with van der Waals surface area (Å²) in [6, 6.07) is 14.0. The van der Waals surface area contributed by atoms with Gasteiger partial charge in [0.2, 0.25) is 5.88 Å². The Hall–Kier alpha value is -3.92. The molecule has 4 heterocycles. The first-order chi connectivity index (χ1) is 19.8. The van der Waals surface area contributed by atoms with Gasteiger partial charge in [-0.05, 0) is 72.8 Å². The van der Waals surface area contributed by atoms with Gasteiger partial charge in [0.15, 0.2) is 17.3 Å². The van der Waals surface area contributed by atoms with Gasteiger partial charge in [-0.25, -0.2) is 4.98 Å². The summed E-state index contributed by atoms with van der Waals surface area (Å²) >= 11 is 1.59. The van der Waals surface area contributed by atoms with E-state index in [2.05, 4.69) is 34.9 Å². The summed E-state index contributed by atoms with van der Waals surface area (Å²) in [5.41, 5.74) is 6.79. The molecule has 41 heavy (non-hydrogen) atoms. The number of Topliss-reactive ketones (excluding diaryl/α,β-unsaturated/α-hetero) is 1. The summed E-state index contributed by atoms with van der Waals surface area (Å²) in [7, 11) is 4.02. The van der Waals surface area contributed by atoms with E-state index in [1.165, 1.54) is 5.56 Å². The van der Waals surface area contributed by atoms with Crippen molar-refractivity contribution >= 4 is 28.2 Å². The van der Waals surface area contributed by atoms with E-state index in [0.717, 1.165) is 65.9 Å². The molecule has 1 saturated heterocycles. The van der Waals surface area contributed by atoms with Crippen molar-refractivity contribution in [1.29, 1.82) is 0 Å². The summed E-state index contributed by atoms with van der Waals surface area (Å²) in [6.07, 6.45) is 2.02. The molecule has 3 aromatic heterocycles. The Bertz CT molecular complexity index is 1700. The molecule has 0 N–H and O–H groups in total. The van der Waals surface area contributed by atoms with Crippen molar-refractivity contribution in [3.05, 3.63) is 87.2 Å². The minimum absolute atomic E-state index is 0.0935. The van der Waals surface area contributed by atoms with Crippen molar-refractivity contribution in [2.24, 2.45) is 7.05 Å². The van der Waals surface area contributed by atoms with Crippen LogP contribution < -0.4 is 4.74 Å². The molecule has 0 atom stereocenters. The van der Waals surface area contributed by atoms with Crippen LogP contribution in [0.15, 0.2) is 59.4 Å². The van der Waals surface area contributed by atoms with E-state index in [4.69, 9.17) is 14.7 Å². The molecule has 0 radical (unpaired) electrons. The number of hydrogen-bond acceptors (Lipinski definition) is 8. The predicted molar refractivity (Wildman–Crippen MR) is 163 cm³/mol. The number of carbonyl (C=O) groups is 1. The zero-order valence-corrected chi connectivity index (χ0v) is 24.7. The van der Waals surface area contributed by atoms with Crippen molar-refractivity contribution in [2.45, 2.75) is 26.8 Å². The highest BCUT2D eigenvalue weighted by molar-refractivity contribution is 7.08. The Balaban J connectivity index is 1.20. The number of aryl methyl sites for hydroxylation is 3. The second kappa shape index (κ2) is 11.5. The molecule has 1 aliphatic rings. The van der Waals surface area contributed by atoms with Crippen LogP contribution in [-0.2, 0) is 20.0 Å². The van der Waals surface area contributed by atoms with E-state index in [0.29, 0.717) is 29.5 Å². The molecule has 1 aliphatic heterocycles. The van der Waals surface area contributed by atoms with Crippen LogP contribution >= 0.6 is 11.3 Å². The fraction of sp³-hybridized carbons (Fsp3) is 0.312. The minimum atomic E-state index is 0.0935. The number of aromatic nitrogens is 4. The van der Waals surface area contributed by atoms with Gasteiger partial charge in [-0.2, -0.15) is 21.4 Å². The molecule has 0 saturated carbocycles. The number of benzene rings is 2. The van der Waals surface area contributed by atoms with E-state index in [1.807, 2.05) is 61.1 Å². The molecule has 0 aliphatic carbocycles. The van der Waals surface area contributed by atoms with Gasteiger partial charge in [-0.15, -0.1) is 0 Å². The molecule has 0 unspecified atom stereocenters. The quantitative estimate of drug-likeness (QED) is 0.224. The number of fused-ring (bicyclic) bond motifs is 1. The van der Waals surface area contributed by atoms with Gasteiger partial charge >= 0.3 is 0 Å². The van der Waals surface area contributed by atoms with Crippen LogP contribution in [0.25, 0.3) is 22.4 Å². The summed E-state index contributed by atoms with van der Waals surface area (Å²) < 4.78 is 8.04. The zero-order chi connectivity index (χ0) is 28.5. The van der Waals surface area contributed by atoms with E-state index in [-0.39, 0.29) is 5.78 Å². The Labute approximate surface area is 244 Å². The molecule has 8 nitrogen and oxygen atoms in total. The molecule has 9 heteroatoms. The van der Waals surface area contributed by atoms with Crippen LogP contribution in [0, 0.1) is 13.8 Å². The van der Waals surface area contributed by atoms with Gasteiger partial charge < -0.3 is 9.64 Å². The Morgan fingerprint density at radius 3 is 2.54 bits per heavy atom. The third-order valence-electron chi connectivity index (χ3n) is 7.88. The van der Waals surface area contributed by atoms with E-state index in [9.17, 15) is 4.79 Å². The van der Waals surface area contributed by atoms with Crippen LogP contribution in [0.2, 0.25) is 0 Å². The lowest BCUT2D eigenvalue weighted by atomic mass is 9.96. The number of thiophene rings is 1. The topological polar surface area (TPSA) is 76.4 Å². The molecule has 5 aromatic rings. The SMILES string of the molecule is Cc1ccc(Oc2nc(-c3ccsc3)nc3c2cnn3C)cc1CC(=O)c1ccc(CN2CCN(C)CC2)c(C)c1. The summed E-state index contributed by atoms with van der Waals surface area (Å²) in [4.78, 5) is 27.7. The second-order valence-electron chi connectivity index (χ2n) is 10.9. The molecule has 1 fully saturated rings. The highest BCUT2D eigenvalue weighted by Crippen LogP contribution is 2.31. The van der Waals surface area contributed by atoms with Crippen LogP contribution in [-0.4, -0.2) is 68.6 Å². The average molecular weight is 567 g/mol. The number of likely N-dealkylation sites (N-methyl/N-ethyl adjacent to an activating group) is 1. The standard InChI is InChI=1S/C32H34N6O2S/c1-21-5-8-27(40-32-28-18-33-37(4)31(28)34-30(35-32)25-9-14-41-20-25)16-26(21)17-29(39)23-6-7-24(22(2)15-23)19-38-12-10-36(3)11-13-38/h5-9,14-16,18,20H,10-13,17,19H2,1-4H3. The van der Waals surface area contributed by atoms with E-state index in [1.54, 1.807) is 22.2 Å². The lowest BCUT2D eigenvalue weighted by Gasteiger charge is -2.32. The average Bonchev–Trinajstić information content (AvgIpc) is 3.63. The number of rotatable bonds is 8. The number of ketones is 1. The normalized spacial score (nSPS) is 14.5. The lowest BCUT2D eigenvalue weighted by Crippen LogP contribution is -2.43. The number of carbonyl (C=O) groups excluding carboxylic acids is 1. The monoisotopic (exact) mass is 566 g/mol. The third kappa shape index (κ3) is 5.93. The molecule has 0 spiro atoms. The van der Waals surface area contributed by atoms with Gasteiger partial charge in [-0.1, -0.05) is 18.2 Å². The zero-order valence-electron chi connectivity index (χ0n) is 23.9. The highest BCUT2D eigenvalue weighted by atomic mass is 32.1. The first-order valence-corrected chi connectivity index (χ1v) is 14.8. The predicted octanol–water partition coefficient (Wildman–Crippen LogP) is 5.67. The van der Waals surface area contributed by atoms with Gasteiger partial charge in [0, 0.05) is 62.7 Å². The molecule has 0 amide bonds. The van der Waals surface area contributed by atoms with E-state index < -0.39 is 0 Å². The van der Waals surface area contributed by atoms with Gasteiger partial charge in [0.25, 0.3) is 0 Å². The largest absolute Gasteiger partial charge is 0.438 e. The first-order valence-electron chi connectivity index (χ1n) is 13.9. The number of piperazine rings is 1.